The van der Waals surface area contributed by atoms with Crippen molar-refractivity contribution in [3.8, 4) is 11.4 Å². The average Bonchev–Trinajstić information content (AvgIpc) is 3.85. The van der Waals surface area contributed by atoms with Crippen LogP contribution in [0.15, 0.2) is 71.6 Å². The predicted octanol–water partition coefficient (Wildman–Crippen LogP) is 6.44. The normalized spacial score (nSPS) is 22.4. The van der Waals surface area contributed by atoms with Crippen LogP contribution in [0.1, 0.15) is 73.3 Å². The SMILES string of the molecule is O=C(O)/C=C/c1ccc(NC(=O)C2(NC(=O)c3ccc4c(c3)nc(-c3ccoc3)n4C3C[C@@H]4CC[C@H]3C4)CCCC2)cc1. The number of anilines is 1. The van der Waals surface area contributed by atoms with Gasteiger partial charge in [0.15, 0.2) is 0 Å². The molecule has 3 aliphatic carbocycles. The lowest BCUT2D eigenvalue weighted by Gasteiger charge is -2.29. The number of aliphatic carboxylic acids is 1. The summed E-state index contributed by atoms with van der Waals surface area (Å²) < 4.78 is 7.76. The highest BCUT2D eigenvalue weighted by molar-refractivity contribution is 6.05. The molecule has 3 atom stereocenters. The number of benzene rings is 2. The Morgan fingerprint density at radius 2 is 1.84 bits per heavy atom. The van der Waals surface area contributed by atoms with Crippen molar-refractivity contribution in [2.24, 2.45) is 11.8 Å². The Labute approximate surface area is 249 Å². The molecule has 1 unspecified atom stereocenters. The molecule has 43 heavy (non-hydrogen) atoms. The van der Waals surface area contributed by atoms with Gasteiger partial charge in [0.2, 0.25) is 5.91 Å². The number of fused-ring (bicyclic) bond motifs is 3. The van der Waals surface area contributed by atoms with E-state index in [-0.39, 0.29) is 11.8 Å². The number of nitrogens with zero attached hydrogens (tertiary/aromatic N) is 2. The van der Waals surface area contributed by atoms with Gasteiger partial charge in [-0.05, 0) is 92.0 Å². The largest absolute Gasteiger partial charge is 0.478 e. The van der Waals surface area contributed by atoms with Crippen molar-refractivity contribution in [1.82, 2.24) is 14.9 Å². The fourth-order valence-corrected chi connectivity index (χ4v) is 7.47. The Bertz CT molecular complexity index is 1710. The molecule has 2 bridgehead atoms. The number of hydrogen-bond acceptors (Lipinski definition) is 5. The second-order valence-corrected chi connectivity index (χ2v) is 12.3. The lowest BCUT2D eigenvalue weighted by Crippen LogP contribution is -2.55. The summed E-state index contributed by atoms with van der Waals surface area (Å²) in [6.07, 6.45) is 13.7. The van der Waals surface area contributed by atoms with E-state index in [1.807, 2.05) is 24.3 Å². The summed E-state index contributed by atoms with van der Waals surface area (Å²) >= 11 is 0. The van der Waals surface area contributed by atoms with Gasteiger partial charge in [0, 0.05) is 23.4 Å². The molecule has 9 nitrogen and oxygen atoms in total. The molecule has 4 aromatic rings. The van der Waals surface area contributed by atoms with Gasteiger partial charge in [0.1, 0.15) is 17.6 Å². The van der Waals surface area contributed by atoms with E-state index in [4.69, 9.17) is 14.5 Å². The van der Waals surface area contributed by atoms with E-state index in [0.29, 0.717) is 41.6 Å². The van der Waals surface area contributed by atoms with Crippen LogP contribution in [0.5, 0.6) is 0 Å². The first-order chi connectivity index (χ1) is 20.9. The van der Waals surface area contributed by atoms with Crippen molar-refractivity contribution in [1.29, 1.82) is 0 Å². The molecule has 0 aliphatic heterocycles. The lowest BCUT2D eigenvalue weighted by atomic mass is 9.94. The van der Waals surface area contributed by atoms with E-state index in [0.717, 1.165) is 53.7 Å². The molecule has 3 fully saturated rings. The Morgan fingerprint density at radius 1 is 1.02 bits per heavy atom. The van der Waals surface area contributed by atoms with Crippen molar-refractivity contribution >= 4 is 40.6 Å². The summed E-state index contributed by atoms with van der Waals surface area (Å²) in [7, 11) is 0. The fourth-order valence-electron chi connectivity index (χ4n) is 7.47. The van der Waals surface area contributed by atoms with Crippen LogP contribution in [0.2, 0.25) is 0 Å². The molecular weight excluding hydrogens is 544 g/mol. The Kier molecular flexibility index (Phi) is 6.88. The van der Waals surface area contributed by atoms with Gasteiger partial charge in [-0.2, -0.15) is 0 Å². The van der Waals surface area contributed by atoms with Crippen LogP contribution in [0, 0.1) is 11.8 Å². The highest BCUT2D eigenvalue weighted by Gasteiger charge is 2.44. The Balaban J connectivity index is 1.13. The van der Waals surface area contributed by atoms with Crippen molar-refractivity contribution in [3.05, 3.63) is 78.3 Å². The number of furan rings is 1. The highest BCUT2D eigenvalue weighted by atomic mass is 16.4. The van der Waals surface area contributed by atoms with Crippen molar-refractivity contribution in [2.45, 2.75) is 62.9 Å². The third kappa shape index (κ3) is 5.13. The number of imidazole rings is 1. The summed E-state index contributed by atoms with van der Waals surface area (Å²) in [5, 5.41) is 14.9. The molecule has 2 amide bonds. The van der Waals surface area contributed by atoms with Crippen LogP contribution in [0.3, 0.4) is 0 Å². The summed E-state index contributed by atoms with van der Waals surface area (Å²) in [6.45, 7) is 0. The minimum Gasteiger partial charge on any atom is -0.478 e. The highest BCUT2D eigenvalue weighted by Crippen LogP contribution is 2.52. The zero-order chi connectivity index (χ0) is 29.6. The van der Waals surface area contributed by atoms with Gasteiger partial charge in [0.25, 0.3) is 5.91 Å². The second-order valence-electron chi connectivity index (χ2n) is 12.3. The summed E-state index contributed by atoms with van der Waals surface area (Å²) in [5.41, 5.74) is 3.44. The van der Waals surface area contributed by atoms with E-state index in [1.165, 1.54) is 25.3 Å². The number of carbonyl (C=O) groups excluding carboxylic acids is 2. The standard InChI is InChI=1S/C34H34N4O5/c39-30(40)12-6-21-4-9-26(10-5-21)35-33(42)34(14-1-2-15-34)37-32(41)24-8-11-28-27(19-24)36-31(25-13-16-43-20-25)38(28)29-18-22-3-7-23(29)17-22/h4-6,8-13,16,19-20,22-23,29H,1-3,7,14-15,17-18H2,(H,35,42)(H,37,41)(H,39,40)/b12-6+/t22-,23+,29?/m1/s1. The molecule has 0 saturated heterocycles. The van der Waals surface area contributed by atoms with Crippen LogP contribution >= 0.6 is 0 Å². The molecule has 0 radical (unpaired) electrons. The molecule has 7 rings (SSSR count). The van der Waals surface area contributed by atoms with Crippen LogP contribution in [-0.2, 0) is 9.59 Å². The number of rotatable bonds is 8. The molecule has 220 valence electrons. The maximum Gasteiger partial charge on any atom is 0.328 e. The number of carbonyl (C=O) groups is 3. The molecule has 2 heterocycles. The zero-order valence-corrected chi connectivity index (χ0v) is 23.8. The third-order valence-electron chi connectivity index (χ3n) is 9.59. The van der Waals surface area contributed by atoms with Crippen LogP contribution < -0.4 is 10.6 Å². The first-order valence-electron chi connectivity index (χ1n) is 15.1. The van der Waals surface area contributed by atoms with Crippen molar-refractivity contribution in [3.63, 3.8) is 0 Å². The Morgan fingerprint density at radius 3 is 2.51 bits per heavy atom. The second kappa shape index (κ2) is 10.9. The van der Waals surface area contributed by atoms with Gasteiger partial charge >= 0.3 is 5.97 Å². The lowest BCUT2D eigenvalue weighted by molar-refractivity contribution is -0.131. The number of aromatic nitrogens is 2. The first kappa shape index (κ1) is 27.2. The van der Waals surface area contributed by atoms with Gasteiger partial charge in [0.05, 0.1) is 22.9 Å². The van der Waals surface area contributed by atoms with Crippen LogP contribution in [-0.4, -0.2) is 38.0 Å². The average molecular weight is 579 g/mol. The third-order valence-corrected chi connectivity index (χ3v) is 9.59. The quantitative estimate of drug-likeness (QED) is 0.207. The first-order valence-corrected chi connectivity index (χ1v) is 15.1. The van der Waals surface area contributed by atoms with Gasteiger partial charge in [-0.3, -0.25) is 9.59 Å². The monoisotopic (exact) mass is 578 g/mol. The molecule has 0 spiro atoms. The fraction of sp³-hybridized carbons (Fsp3) is 0.353. The smallest absolute Gasteiger partial charge is 0.328 e. The van der Waals surface area contributed by atoms with Gasteiger partial charge in [-0.25, -0.2) is 9.78 Å². The number of nitrogens with one attached hydrogen (secondary N) is 2. The molecular formula is C34H34N4O5. The van der Waals surface area contributed by atoms with Crippen molar-refractivity contribution < 1.29 is 23.9 Å². The van der Waals surface area contributed by atoms with E-state index in [9.17, 15) is 14.4 Å². The summed E-state index contributed by atoms with van der Waals surface area (Å²) in [6, 6.07) is 14.9. The molecule has 2 aromatic carbocycles. The maximum absolute atomic E-state index is 13.7. The molecule has 3 aliphatic rings. The number of hydrogen-bond donors (Lipinski definition) is 3. The van der Waals surface area contributed by atoms with Crippen LogP contribution in [0.25, 0.3) is 28.5 Å². The minimum absolute atomic E-state index is 0.254. The van der Waals surface area contributed by atoms with Crippen molar-refractivity contribution in [2.75, 3.05) is 5.32 Å². The van der Waals surface area contributed by atoms with E-state index >= 15 is 0 Å². The molecule has 3 saturated carbocycles. The Hall–Kier alpha value is -4.66. The van der Waals surface area contributed by atoms with Gasteiger partial charge < -0.3 is 24.7 Å². The van der Waals surface area contributed by atoms with Gasteiger partial charge in [-0.1, -0.05) is 31.4 Å². The molecule has 3 N–H and O–H groups in total. The molecule has 2 aromatic heterocycles. The zero-order valence-electron chi connectivity index (χ0n) is 23.8. The number of carboxylic acids is 1. The van der Waals surface area contributed by atoms with E-state index in [2.05, 4.69) is 15.2 Å². The van der Waals surface area contributed by atoms with Crippen LogP contribution in [0.4, 0.5) is 5.69 Å². The topological polar surface area (TPSA) is 126 Å². The predicted molar refractivity (Wildman–Crippen MR) is 162 cm³/mol. The summed E-state index contributed by atoms with van der Waals surface area (Å²) in [5.74, 6) is 0.714. The van der Waals surface area contributed by atoms with Gasteiger partial charge in [-0.15, -0.1) is 0 Å². The molecule has 9 heteroatoms. The van der Waals surface area contributed by atoms with E-state index in [1.54, 1.807) is 36.8 Å². The maximum atomic E-state index is 13.7. The number of carboxylic acid groups (broad SMARTS) is 1. The minimum atomic E-state index is -1.03. The summed E-state index contributed by atoms with van der Waals surface area (Å²) in [4.78, 5) is 43.0. The number of amides is 2. The van der Waals surface area contributed by atoms with E-state index < -0.39 is 11.5 Å².